The number of hydrogen-bond donors (Lipinski definition) is 1. The van der Waals surface area contributed by atoms with Gasteiger partial charge in [0, 0.05) is 6.20 Å². The Morgan fingerprint density at radius 1 is 1.00 bits per heavy atom. The van der Waals surface area contributed by atoms with Crippen molar-refractivity contribution in [3.8, 4) is 0 Å². The molecule has 0 radical (unpaired) electrons. The first-order chi connectivity index (χ1) is 8.68. The van der Waals surface area contributed by atoms with Gasteiger partial charge in [-0.3, -0.25) is 9.59 Å². The molecule has 0 bridgehead atoms. The van der Waals surface area contributed by atoms with E-state index in [1.54, 1.807) is 24.3 Å². The Balaban J connectivity index is 2.12. The molecule has 0 aliphatic carbocycles. The highest BCUT2D eigenvalue weighted by Gasteiger charge is 2.36. The molecule has 0 unspecified atom stereocenters. The molecule has 0 spiro atoms. The molecule has 3 rings (SSSR count). The summed E-state index contributed by atoms with van der Waals surface area (Å²) in [5, 5.41) is 0. The van der Waals surface area contributed by atoms with Crippen LogP contribution in [0, 0.1) is 0 Å². The summed E-state index contributed by atoms with van der Waals surface area (Å²) in [4.78, 5) is 41.8. The summed E-state index contributed by atoms with van der Waals surface area (Å²) in [7, 11) is 0. The van der Waals surface area contributed by atoms with Crippen molar-refractivity contribution in [2.75, 3.05) is 4.90 Å². The van der Waals surface area contributed by atoms with Gasteiger partial charge in [-0.05, 0) is 12.1 Å². The van der Waals surface area contributed by atoms with Crippen LogP contribution in [-0.4, -0.2) is 21.8 Å². The highest BCUT2D eigenvalue weighted by molar-refractivity contribution is 6.34. The monoisotopic (exact) mass is 241 g/mol. The highest BCUT2D eigenvalue weighted by atomic mass is 16.2. The number of aromatic amines is 1. The summed E-state index contributed by atoms with van der Waals surface area (Å²) in [5.41, 5.74) is 0.429. The van der Waals surface area contributed by atoms with Gasteiger partial charge in [0.05, 0.1) is 23.0 Å². The zero-order valence-electron chi connectivity index (χ0n) is 9.08. The van der Waals surface area contributed by atoms with E-state index < -0.39 is 17.5 Å². The quantitative estimate of drug-likeness (QED) is 0.740. The third-order valence-electron chi connectivity index (χ3n) is 2.71. The zero-order chi connectivity index (χ0) is 12.7. The van der Waals surface area contributed by atoms with Gasteiger partial charge < -0.3 is 4.98 Å². The minimum atomic E-state index is -0.532. The Morgan fingerprint density at radius 3 is 2.11 bits per heavy atom. The van der Waals surface area contributed by atoms with E-state index in [1.165, 1.54) is 12.4 Å². The topological polar surface area (TPSA) is 83.1 Å². The molecule has 6 heteroatoms. The number of anilines is 1. The largest absolute Gasteiger partial charge is 0.345 e. The maximum atomic E-state index is 12.1. The van der Waals surface area contributed by atoms with Gasteiger partial charge in [-0.15, -0.1) is 0 Å². The zero-order valence-corrected chi connectivity index (χ0v) is 9.08. The number of fused-ring (bicyclic) bond motifs is 1. The molecular weight excluding hydrogens is 234 g/mol. The van der Waals surface area contributed by atoms with Crippen LogP contribution < -0.4 is 10.6 Å². The third kappa shape index (κ3) is 1.36. The van der Waals surface area contributed by atoms with Crippen molar-refractivity contribution in [1.29, 1.82) is 0 Å². The molecule has 0 saturated carbocycles. The average molecular weight is 241 g/mol. The Bertz CT molecular complexity index is 665. The van der Waals surface area contributed by atoms with E-state index in [1.807, 2.05) is 0 Å². The van der Waals surface area contributed by atoms with Crippen LogP contribution in [0.3, 0.4) is 0 Å². The predicted octanol–water partition coefficient (Wildman–Crippen LogP) is 0.571. The molecule has 2 amide bonds. The molecule has 6 nitrogen and oxygen atoms in total. The lowest BCUT2D eigenvalue weighted by Gasteiger charge is -2.12. The summed E-state index contributed by atoms with van der Waals surface area (Å²) in [6.45, 7) is 0. The molecule has 1 N–H and O–H groups in total. The molecule has 2 heterocycles. The number of hydrogen-bond acceptors (Lipinski definition) is 4. The fourth-order valence-electron chi connectivity index (χ4n) is 1.88. The molecule has 1 aliphatic heterocycles. The van der Waals surface area contributed by atoms with Crippen LogP contribution in [0.25, 0.3) is 0 Å². The van der Waals surface area contributed by atoms with Crippen molar-refractivity contribution < 1.29 is 9.59 Å². The summed E-state index contributed by atoms with van der Waals surface area (Å²) in [6.07, 6.45) is 2.48. The Morgan fingerprint density at radius 2 is 1.61 bits per heavy atom. The number of carbonyl (C=O) groups excluding carboxylic acids is 2. The molecule has 1 aromatic heterocycles. The molecule has 0 fully saturated rings. The smallest absolute Gasteiger partial charge is 0.311 e. The maximum absolute atomic E-state index is 12.1. The van der Waals surface area contributed by atoms with Crippen molar-refractivity contribution >= 4 is 17.5 Å². The molecule has 2 aromatic rings. The second kappa shape index (κ2) is 3.63. The molecule has 0 saturated heterocycles. The van der Waals surface area contributed by atoms with Crippen molar-refractivity contribution in [1.82, 2.24) is 9.97 Å². The van der Waals surface area contributed by atoms with E-state index in [0.717, 1.165) is 4.90 Å². The van der Waals surface area contributed by atoms with Crippen LogP contribution in [-0.2, 0) is 0 Å². The predicted molar refractivity (Wildman–Crippen MR) is 62.4 cm³/mol. The van der Waals surface area contributed by atoms with Gasteiger partial charge in [0.15, 0.2) is 0 Å². The van der Waals surface area contributed by atoms with Gasteiger partial charge in [0.25, 0.3) is 11.8 Å². The first kappa shape index (κ1) is 10.4. The maximum Gasteiger partial charge on any atom is 0.345 e. The number of nitrogens with one attached hydrogen (secondary N) is 1. The summed E-state index contributed by atoms with van der Waals surface area (Å²) in [5.74, 6) is -0.825. The number of nitrogens with zero attached hydrogens (tertiary/aromatic N) is 2. The molecule has 88 valence electrons. The second-order valence-electron chi connectivity index (χ2n) is 3.77. The van der Waals surface area contributed by atoms with Gasteiger partial charge in [0.1, 0.15) is 0 Å². The Hall–Kier alpha value is -2.76. The lowest BCUT2D eigenvalue weighted by molar-refractivity contribution is 0.0926. The minimum Gasteiger partial charge on any atom is -0.311 e. The summed E-state index contributed by atoms with van der Waals surface area (Å²) < 4.78 is 0. The van der Waals surface area contributed by atoms with Crippen LogP contribution in [0.5, 0.6) is 0 Å². The van der Waals surface area contributed by atoms with Crippen molar-refractivity contribution in [3.63, 3.8) is 0 Å². The van der Waals surface area contributed by atoms with Gasteiger partial charge in [-0.1, -0.05) is 12.1 Å². The standard InChI is InChI=1S/C12H7N3O3/c16-10-8-3-1-2-4-9(8)11(17)15(10)7-5-13-12(18)14-6-7/h1-6H,(H,13,14,18). The normalized spacial score (nSPS) is 13.9. The first-order valence-electron chi connectivity index (χ1n) is 5.21. The van der Waals surface area contributed by atoms with Crippen LogP contribution >= 0.6 is 0 Å². The molecule has 18 heavy (non-hydrogen) atoms. The number of rotatable bonds is 1. The number of carbonyl (C=O) groups is 2. The third-order valence-corrected chi connectivity index (χ3v) is 2.71. The number of H-pyrrole nitrogens is 1. The van der Waals surface area contributed by atoms with E-state index in [9.17, 15) is 14.4 Å². The van der Waals surface area contributed by atoms with Gasteiger partial charge in [-0.2, -0.15) is 4.98 Å². The van der Waals surface area contributed by atoms with E-state index >= 15 is 0 Å². The van der Waals surface area contributed by atoms with E-state index in [2.05, 4.69) is 9.97 Å². The minimum absolute atomic E-state index is 0.251. The van der Waals surface area contributed by atoms with E-state index in [4.69, 9.17) is 0 Å². The summed E-state index contributed by atoms with van der Waals surface area (Å²) >= 11 is 0. The molecule has 1 aromatic carbocycles. The molecule has 0 atom stereocenters. The van der Waals surface area contributed by atoms with E-state index in [0.29, 0.717) is 11.1 Å². The SMILES string of the molecule is O=C1c2ccccc2C(=O)N1c1cnc(=O)[nH]c1. The second-order valence-corrected chi connectivity index (χ2v) is 3.77. The lowest BCUT2D eigenvalue weighted by atomic mass is 10.1. The molecule has 1 aliphatic rings. The number of aromatic nitrogens is 2. The summed E-state index contributed by atoms with van der Waals surface area (Å²) in [6, 6.07) is 6.57. The van der Waals surface area contributed by atoms with Crippen LogP contribution in [0.15, 0.2) is 41.5 Å². The van der Waals surface area contributed by atoms with Crippen LogP contribution in [0.2, 0.25) is 0 Å². The fraction of sp³-hybridized carbons (Fsp3) is 0. The number of benzene rings is 1. The van der Waals surface area contributed by atoms with Gasteiger partial charge >= 0.3 is 5.69 Å². The first-order valence-corrected chi connectivity index (χ1v) is 5.21. The van der Waals surface area contributed by atoms with Gasteiger partial charge in [0.2, 0.25) is 0 Å². The number of imide groups is 1. The van der Waals surface area contributed by atoms with Crippen molar-refractivity contribution in [2.45, 2.75) is 0 Å². The number of amides is 2. The van der Waals surface area contributed by atoms with Gasteiger partial charge in [-0.25, -0.2) is 9.69 Å². The lowest BCUT2D eigenvalue weighted by Crippen LogP contribution is -2.30. The highest BCUT2D eigenvalue weighted by Crippen LogP contribution is 2.26. The van der Waals surface area contributed by atoms with Crippen LogP contribution in [0.1, 0.15) is 20.7 Å². The Labute approximate surface area is 101 Å². The fourth-order valence-corrected chi connectivity index (χ4v) is 1.88. The van der Waals surface area contributed by atoms with Crippen molar-refractivity contribution in [3.05, 3.63) is 58.3 Å². The van der Waals surface area contributed by atoms with Crippen molar-refractivity contribution in [2.24, 2.45) is 0 Å². The van der Waals surface area contributed by atoms with Crippen LogP contribution in [0.4, 0.5) is 5.69 Å². The molecular formula is C12H7N3O3. The Kier molecular flexibility index (Phi) is 2.09. The average Bonchev–Trinajstić information content (AvgIpc) is 2.64. The van der Waals surface area contributed by atoms with E-state index in [-0.39, 0.29) is 5.69 Å².